The third kappa shape index (κ3) is 2.19. The molecule has 1 saturated heterocycles. The molecule has 1 atom stereocenters. The molecule has 2 N–H and O–H groups in total. The molecule has 1 aliphatic rings. The summed E-state index contributed by atoms with van der Waals surface area (Å²) < 4.78 is 0. The maximum atomic E-state index is 4.54. The molecule has 0 aromatic carbocycles. The molecule has 0 spiro atoms. The zero-order valence-corrected chi connectivity index (χ0v) is 10.3. The molecular weight excluding hydrogens is 228 g/mol. The fraction of sp³-hybridized carbons (Fsp3) is 0.417. The van der Waals surface area contributed by atoms with Crippen LogP contribution in [0.5, 0.6) is 0 Å². The van der Waals surface area contributed by atoms with Crippen molar-refractivity contribution in [1.29, 1.82) is 0 Å². The molecule has 0 saturated carbocycles. The van der Waals surface area contributed by atoms with Gasteiger partial charge in [0.25, 0.3) is 0 Å². The third-order valence-corrected chi connectivity index (χ3v) is 3.08. The summed E-state index contributed by atoms with van der Waals surface area (Å²) in [7, 11) is 0. The van der Waals surface area contributed by atoms with E-state index < -0.39 is 0 Å². The summed E-state index contributed by atoms with van der Waals surface area (Å²) in [5.74, 6) is 1.56. The van der Waals surface area contributed by atoms with Crippen molar-refractivity contribution in [3.8, 4) is 11.4 Å². The fourth-order valence-electron chi connectivity index (χ4n) is 2.15. The Balaban J connectivity index is 1.81. The van der Waals surface area contributed by atoms with Crippen molar-refractivity contribution < 1.29 is 0 Å². The Bertz CT molecular complexity index is 508. The highest BCUT2D eigenvalue weighted by atomic mass is 15.4. The van der Waals surface area contributed by atoms with Crippen molar-refractivity contribution in [2.45, 2.75) is 13.0 Å². The quantitative estimate of drug-likeness (QED) is 0.812. The van der Waals surface area contributed by atoms with E-state index in [0.29, 0.717) is 6.04 Å². The average molecular weight is 244 g/mol. The Hall–Kier alpha value is -1.95. The minimum absolute atomic E-state index is 0.474. The van der Waals surface area contributed by atoms with Gasteiger partial charge in [-0.3, -0.25) is 10.1 Å². The number of H-pyrrole nitrogens is 1. The van der Waals surface area contributed by atoms with E-state index in [0.717, 1.165) is 37.0 Å². The summed E-state index contributed by atoms with van der Waals surface area (Å²) in [6.07, 6.45) is 3.51. The zero-order valence-electron chi connectivity index (χ0n) is 10.3. The summed E-state index contributed by atoms with van der Waals surface area (Å²) in [5, 5.41) is 10.7. The number of nitrogens with one attached hydrogen (secondary N) is 2. The maximum absolute atomic E-state index is 4.54. The Morgan fingerprint density at radius 2 is 2.17 bits per heavy atom. The number of hydrogen-bond acceptors (Lipinski definition) is 5. The first-order valence-electron chi connectivity index (χ1n) is 6.14. The third-order valence-electron chi connectivity index (χ3n) is 3.08. The van der Waals surface area contributed by atoms with Crippen LogP contribution in [0.4, 0.5) is 5.95 Å². The molecule has 18 heavy (non-hydrogen) atoms. The minimum atomic E-state index is 0.474. The highest BCUT2D eigenvalue weighted by Gasteiger charge is 2.19. The predicted molar refractivity (Wildman–Crippen MR) is 69.3 cm³/mol. The monoisotopic (exact) mass is 244 g/mol. The van der Waals surface area contributed by atoms with Gasteiger partial charge >= 0.3 is 0 Å². The van der Waals surface area contributed by atoms with Crippen LogP contribution in [-0.2, 0) is 0 Å². The lowest BCUT2D eigenvalue weighted by Gasteiger charge is -2.30. The van der Waals surface area contributed by atoms with Crippen LogP contribution in [0.15, 0.2) is 24.5 Å². The molecule has 0 aliphatic carbocycles. The molecule has 3 rings (SSSR count). The van der Waals surface area contributed by atoms with E-state index >= 15 is 0 Å². The number of rotatable bonds is 2. The molecule has 6 nitrogen and oxygen atoms in total. The Labute approximate surface area is 105 Å². The lowest BCUT2D eigenvalue weighted by Crippen LogP contribution is -2.49. The van der Waals surface area contributed by atoms with Gasteiger partial charge in [0.05, 0.1) is 0 Å². The topological polar surface area (TPSA) is 69.7 Å². The van der Waals surface area contributed by atoms with Crippen LogP contribution in [0.3, 0.4) is 0 Å². The van der Waals surface area contributed by atoms with Gasteiger partial charge in [-0.15, -0.1) is 5.10 Å². The summed E-state index contributed by atoms with van der Waals surface area (Å²) in [6, 6.07) is 4.32. The van der Waals surface area contributed by atoms with Crippen LogP contribution in [0, 0.1) is 0 Å². The smallest absolute Gasteiger partial charge is 0.245 e. The number of nitrogens with zero attached hydrogens (tertiary/aromatic N) is 4. The molecule has 0 bridgehead atoms. The zero-order chi connectivity index (χ0) is 12.4. The van der Waals surface area contributed by atoms with Gasteiger partial charge < -0.3 is 10.2 Å². The van der Waals surface area contributed by atoms with Gasteiger partial charge in [-0.1, -0.05) is 0 Å². The summed E-state index contributed by atoms with van der Waals surface area (Å²) in [5.41, 5.74) is 1.01. The van der Waals surface area contributed by atoms with E-state index in [4.69, 9.17) is 0 Å². The first-order chi connectivity index (χ1) is 8.83. The maximum Gasteiger partial charge on any atom is 0.245 e. The van der Waals surface area contributed by atoms with E-state index in [2.05, 4.69) is 37.3 Å². The number of piperazine rings is 1. The van der Waals surface area contributed by atoms with Crippen molar-refractivity contribution in [1.82, 2.24) is 25.5 Å². The molecule has 0 radical (unpaired) electrons. The first-order valence-corrected chi connectivity index (χ1v) is 6.14. The molecule has 2 aromatic rings. The first kappa shape index (κ1) is 11.2. The van der Waals surface area contributed by atoms with Gasteiger partial charge in [-0.25, -0.2) is 0 Å². The minimum Gasteiger partial charge on any atom is -0.337 e. The Kier molecular flexibility index (Phi) is 2.93. The summed E-state index contributed by atoms with van der Waals surface area (Å²) >= 11 is 0. The number of pyridine rings is 1. The van der Waals surface area contributed by atoms with Gasteiger partial charge in [0, 0.05) is 43.6 Å². The van der Waals surface area contributed by atoms with Gasteiger partial charge in [0.2, 0.25) is 5.95 Å². The van der Waals surface area contributed by atoms with Crippen molar-refractivity contribution in [3.63, 3.8) is 0 Å². The van der Waals surface area contributed by atoms with Crippen LogP contribution in [0.1, 0.15) is 6.92 Å². The SMILES string of the molecule is C[C@@H]1CN(c2n[nH]c(-c3ccncc3)n2)CCN1. The van der Waals surface area contributed by atoms with Crippen molar-refractivity contribution in [2.24, 2.45) is 0 Å². The number of aromatic amines is 1. The molecule has 6 heteroatoms. The highest BCUT2D eigenvalue weighted by molar-refractivity contribution is 5.55. The van der Waals surface area contributed by atoms with Gasteiger partial charge in [-0.2, -0.15) is 4.98 Å². The van der Waals surface area contributed by atoms with Gasteiger partial charge in [-0.05, 0) is 19.1 Å². The Morgan fingerprint density at radius 1 is 1.33 bits per heavy atom. The standard InChI is InChI=1S/C12H16N6/c1-9-8-18(7-6-14-9)12-15-11(16-17-12)10-2-4-13-5-3-10/h2-5,9,14H,6-8H2,1H3,(H,15,16,17)/t9-/m1/s1. The van der Waals surface area contributed by atoms with E-state index in [1.807, 2.05) is 12.1 Å². The van der Waals surface area contributed by atoms with Crippen molar-refractivity contribution >= 4 is 5.95 Å². The van der Waals surface area contributed by atoms with E-state index in [9.17, 15) is 0 Å². The number of hydrogen-bond donors (Lipinski definition) is 2. The summed E-state index contributed by atoms with van der Waals surface area (Å²) in [4.78, 5) is 10.7. The van der Waals surface area contributed by atoms with Crippen LogP contribution in [0.25, 0.3) is 11.4 Å². The second-order valence-electron chi connectivity index (χ2n) is 4.52. The number of anilines is 1. The molecule has 2 aromatic heterocycles. The largest absolute Gasteiger partial charge is 0.337 e. The van der Waals surface area contributed by atoms with E-state index in [-0.39, 0.29) is 0 Å². The van der Waals surface area contributed by atoms with Crippen LogP contribution in [0.2, 0.25) is 0 Å². The lowest BCUT2D eigenvalue weighted by molar-refractivity contribution is 0.480. The molecule has 3 heterocycles. The van der Waals surface area contributed by atoms with Crippen LogP contribution in [-0.4, -0.2) is 45.8 Å². The van der Waals surface area contributed by atoms with Gasteiger partial charge in [0.1, 0.15) is 0 Å². The highest BCUT2D eigenvalue weighted by Crippen LogP contribution is 2.17. The second-order valence-corrected chi connectivity index (χ2v) is 4.52. The van der Waals surface area contributed by atoms with Crippen molar-refractivity contribution in [2.75, 3.05) is 24.5 Å². The predicted octanol–water partition coefficient (Wildman–Crippen LogP) is 0.665. The van der Waals surface area contributed by atoms with Crippen LogP contribution >= 0.6 is 0 Å². The van der Waals surface area contributed by atoms with Crippen molar-refractivity contribution in [3.05, 3.63) is 24.5 Å². The van der Waals surface area contributed by atoms with Crippen LogP contribution < -0.4 is 10.2 Å². The van der Waals surface area contributed by atoms with E-state index in [1.54, 1.807) is 12.4 Å². The molecular formula is C12H16N6. The number of aromatic nitrogens is 4. The molecule has 0 amide bonds. The van der Waals surface area contributed by atoms with Gasteiger partial charge in [0.15, 0.2) is 5.82 Å². The average Bonchev–Trinajstić information content (AvgIpc) is 2.89. The molecule has 1 aliphatic heterocycles. The fourth-order valence-corrected chi connectivity index (χ4v) is 2.15. The molecule has 1 fully saturated rings. The lowest BCUT2D eigenvalue weighted by atomic mass is 10.2. The summed E-state index contributed by atoms with van der Waals surface area (Å²) in [6.45, 7) is 5.02. The second kappa shape index (κ2) is 4.73. The molecule has 0 unspecified atom stereocenters. The normalized spacial score (nSPS) is 20.1. The Morgan fingerprint density at radius 3 is 2.94 bits per heavy atom. The molecule has 94 valence electrons. The van der Waals surface area contributed by atoms with E-state index in [1.165, 1.54) is 0 Å².